The second-order valence-electron chi connectivity index (χ2n) is 7.20. The molecule has 4 heterocycles. The normalized spacial score (nSPS) is 18.3. The minimum Gasteiger partial charge on any atom is -0.389 e. The van der Waals surface area contributed by atoms with Gasteiger partial charge in [0.05, 0.1) is 22.4 Å². The second-order valence-corrected chi connectivity index (χ2v) is 7.61. The molecule has 0 amide bonds. The molecule has 1 atom stereocenters. The Morgan fingerprint density at radius 1 is 1.41 bits per heavy atom. The summed E-state index contributed by atoms with van der Waals surface area (Å²) in [5, 5.41) is 21.5. The third-order valence-electron chi connectivity index (χ3n) is 4.81. The van der Waals surface area contributed by atoms with E-state index in [2.05, 4.69) is 25.5 Å². The van der Waals surface area contributed by atoms with Crippen LogP contribution in [-0.4, -0.2) is 56.5 Å². The zero-order chi connectivity index (χ0) is 19.2. The van der Waals surface area contributed by atoms with Crippen LogP contribution in [-0.2, 0) is 0 Å². The highest BCUT2D eigenvalue weighted by Crippen LogP contribution is 2.33. The van der Waals surface area contributed by atoms with Crippen LogP contribution in [0.25, 0.3) is 22.4 Å². The van der Waals surface area contributed by atoms with Gasteiger partial charge in [0.1, 0.15) is 11.5 Å². The van der Waals surface area contributed by atoms with Gasteiger partial charge in [-0.15, -0.1) is 0 Å². The van der Waals surface area contributed by atoms with Crippen LogP contribution in [0, 0.1) is 5.82 Å². The highest BCUT2D eigenvalue weighted by molar-refractivity contribution is 6.33. The van der Waals surface area contributed by atoms with Crippen LogP contribution in [0.15, 0.2) is 24.4 Å². The highest BCUT2D eigenvalue weighted by Gasteiger charge is 2.32. The zero-order valence-electron chi connectivity index (χ0n) is 15.0. The monoisotopic (exact) mass is 390 g/mol. The van der Waals surface area contributed by atoms with Crippen molar-refractivity contribution in [2.45, 2.75) is 25.5 Å². The lowest BCUT2D eigenvalue weighted by molar-refractivity contribution is 0.0363. The summed E-state index contributed by atoms with van der Waals surface area (Å²) >= 11 is 6.31. The van der Waals surface area contributed by atoms with Crippen LogP contribution >= 0.6 is 11.6 Å². The molecule has 0 radical (unpaired) electrons. The Morgan fingerprint density at radius 3 is 3.00 bits per heavy atom. The van der Waals surface area contributed by atoms with Crippen LogP contribution in [0.1, 0.15) is 13.8 Å². The first-order valence-corrected chi connectivity index (χ1v) is 9.08. The van der Waals surface area contributed by atoms with Crippen molar-refractivity contribution in [2.75, 3.05) is 24.5 Å². The maximum absolute atomic E-state index is 14.7. The molecular formula is C18H20ClFN6O. The summed E-state index contributed by atoms with van der Waals surface area (Å²) in [6.07, 6.45) is 1.63. The number of nitrogens with zero attached hydrogens (tertiary/aromatic N) is 4. The molecule has 0 aliphatic carbocycles. The summed E-state index contributed by atoms with van der Waals surface area (Å²) in [5.41, 5.74) is 0.194. The Morgan fingerprint density at radius 2 is 2.22 bits per heavy atom. The lowest BCUT2D eigenvalue weighted by Gasteiger charge is -2.40. The predicted molar refractivity (Wildman–Crippen MR) is 102 cm³/mol. The number of hydrogen-bond acceptors (Lipinski definition) is 6. The number of halogens is 2. The maximum atomic E-state index is 14.7. The van der Waals surface area contributed by atoms with Crippen LogP contribution in [0.5, 0.6) is 0 Å². The van der Waals surface area contributed by atoms with Crippen molar-refractivity contribution >= 4 is 28.5 Å². The molecule has 7 nitrogen and oxygen atoms in total. The number of aromatic nitrogens is 4. The fourth-order valence-corrected chi connectivity index (χ4v) is 3.56. The van der Waals surface area contributed by atoms with Gasteiger partial charge in [-0.1, -0.05) is 11.6 Å². The van der Waals surface area contributed by atoms with Crippen molar-refractivity contribution < 1.29 is 9.50 Å². The van der Waals surface area contributed by atoms with Gasteiger partial charge in [-0.2, -0.15) is 5.10 Å². The predicted octanol–water partition coefficient (Wildman–Crippen LogP) is 2.36. The minimum absolute atomic E-state index is 0.142. The van der Waals surface area contributed by atoms with E-state index in [1.807, 2.05) is 11.0 Å². The third-order valence-corrected chi connectivity index (χ3v) is 5.08. The number of aliphatic hydroxyl groups is 1. The van der Waals surface area contributed by atoms with Gasteiger partial charge in [-0.25, -0.2) is 14.4 Å². The topological polar surface area (TPSA) is 90.0 Å². The van der Waals surface area contributed by atoms with Gasteiger partial charge >= 0.3 is 0 Å². The summed E-state index contributed by atoms with van der Waals surface area (Å²) in [7, 11) is 0. The summed E-state index contributed by atoms with van der Waals surface area (Å²) in [4.78, 5) is 10.6. The number of pyridine rings is 2. The molecule has 0 saturated carbocycles. The quantitative estimate of drug-likeness (QED) is 0.636. The first-order valence-electron chi connectivity index (χ1n) is 8.71. The van der Waals surface area contributed by atoms with Gasteiger partial charge in [0.15, 0.2) is 11.5 Å². The lowest BCUT2D eigenvalue weighted by atomic mass is 9.97. The summed E-state index contributed by atoms with van der Waals surface area (Å²) < 4.78 is 14.7. The van der Waals surface area contributed by atoms with Crippen LogP contribution in [0.4, 0.5) is 10.2 Å². The standard InChI is InChI=1S/C18H20ClFN6O/c1-18(2,27)13-9-26(7-6-21-13)17-11(19)8-12(20)15(23-17)14-10-4-3-5-22-16(10)25-24-14/h3-5,8,13,21,27H,6-7,9H2,1-2H3,(H,22,24,25)/t13-/m0/s1. The Balaban J connectivity index is 1.76. The molecule has 1 aliphatic heterocycles. The second kappa shape index (κ2) is 6.70. The van der Waals surface area contributed by atoms with E-state index in [0.717, 1.165) is 0 Å². The SMILES string of the molecule is CC(C)(O)[C@@H]1CN(c2nc(-c3[nH]nc4ncccc34)c(F)cc2Cl)CCN1. The smallest absolute Gasteiger partial charge is 0.181 e. The van der Waals surface area contributed by atoms with E-state index in [1.54, 1.807) is 26.1 Å². The van der Waals surface area contributed by atoms with Crippen molar-refractivity contribution in [2.24, 2.45) is 0 Å². The Hall–Kier alpha value is -2.29. The summed E-state index contributed by atoms with van der Waals surface area (Å²) in [5.74, 6) is -0.0530. The van der Waals surface area contributed by atoms with Gasteiger partial charge in [-0.05, 0) is 32.0 Å². The largest absolute Gasteiger partial charge is 0.389 e. The molecule has 0 unspecified atom stereocenters. The van der Waals surface area contributed by atoms with Crippen LogP contribution < -0.4 is 10.2 Å². The summed E-state index contributed by atoms with van der Waals surface area (Å²) in [6, 6.07) is 4.69. The van der Waals surface area contributed by atoms with E-state index in [0.29, 0.717) is 42.2 Å². The number of nitrogens with one attached hydrogen (secondary N) is 2. The van der Waals surface area contributed by atoms with Gasteiger partial charge < -0.3 is 15.3 Å². The molecule has 1 aliphatic rings. The van der Waals surface area contributed by atoms with Crippen molar-refractivity contribution in [3.63, 3.8) is 0 Å². The van der Waals surface area contributed by atoms with E-state index >= 15 is 0 Å². The van der Waals surface area contributed by atoms with E-state index in [9.17, 15) is 9.50 Å². The van der Waals surface area contributed by atoms with Crippen molar-refractivity contribution in [1.82, 2.24) is 25.5 Å². The first-order chi connectivity index (χ1) is 12.8. The van der Waals surface area contributed by atoms with E-state index < -0.39 is 11.4 Å². The van der Waals surface area contributed by atoms with Gasteiger partial charge in [0, 0.05) is 31.2 Å². The van der Waals surface area contributed by atoms with Crippen LogP contribution in [0.3, 0.4) is 0 Å². The molecule has 0 bridgehead atoms. The van der Waals surface area contributed by atoms with E-state index in [1.165, 1.54) is 6.07 Å². The van der Waals surface area contributed by atoms with Crippen molar-refractivity contribution in [1.29, 1.82) is 0 Å². The number of H-pyrrole nitrogens is 1. The minimum atomic E-state index is -0.904. The van der Waals surface area contributed by atoms with Crippen molar-refractivity contribution in [3.05, 3.63) is 35.2 Å². The van der Waals surface area contributed by atoms with Gasteiger partial charge in [0.25, 0.3) is 0 Å². The maximum Gasteiger partial charge on any atom is 0.181 e. The molecule has 142 valence electrons. The molecular weight excluding hydrogens is 371 g/mol. The molecule has 3 N–H and O–H groups in total. The number of piperazine rings is 1. The number of rotatable bonds is 3. The van der Waals surface area contributed by atoms with Gasteiger partial charge in [-0.3, -0.25) is 5.10 Å². The first kappa shape index (κ1) is 18.1. The molecule has 3 aromatic heterocycles. The average Bonchev–Trinajstić information content (AvgIpc) is 3.05. The molecule has 1 saturated heterocycles. The number of hydrogen-bond donors (Lipinski definition) is 3. The molecule has 4 rings (SSSR count). The molecule has 27 heavy (non-hydrogen) atoms. The fraction of sp³-hybridized carbons (Fsp3) is 0.389. The Kier molecular flexibility index (Phi) is 4.49. The van der Waals surface area contributed by atoms with E-state index in [-0.39, 0.29) is 16.8 Å². The zero-order valence-corrected chi connectivity index (χ0v) is 15.8. The van der Waals surface area contributed by atoms with E-state index in [4.69, 9.17) is 11.6 Å². The third kappa shape index (κ3) is 3.36. The molecule has 9 heteroatoms. The van der Waals surface area contributed by atoms with Crippen molar-refractivity contribution in [3.8, 4) is 11.4 Å². The molecule has 3 aromatic rings. The van der Waals surface area contributed by atoms with Crippen LogP contribution in [0.2, 0.25) is 5.02 Å². The molecule has 1 fully saturated rings. The molecule has 0 spiro atoms. The Bertz CT molecular complexity index is 986. The average molecular weight is 391 g/mol. The Labute approximate surface area is 160 Å². The van der Waals surface area contributed by atoms with Gasteiger partial charge in [0.2, 0.25) is 0 Å². The number of aromatic amines is 1. The lowest BCUT2D eigenvalue weighted by Crippen LogP contribution is -2.59. The summed E-state index contributed by atoms with van der Waals surface area (Å²) in [6.45, 7) is 5.32. The highest BCUT2D eigenvalue weighted by atomic mass is 35.5. The number of anilines is 1. The number of fused-ring (bicyclic) bond motifs is 1. The molecule has 0 aromatic carbocycles. The fourth-order valence-electron chi connectivity index (χ4n) is 3.30.